The summed E-state index contributed by atoms with van der Waals surface area (Å²) in [7, 11) is 0. The Labute approximate surface area is 212 Å². The molecule has 2 fully saturated rings. The maximum Gasteiger partial charge on any atom is 0.292 e. The zero-order chi connectivity index (χ0) is 25.2. The first-order valence-corrected chi connectivity index (χ1v) is 13.7. The Bertz CT molecular complexity index is 1430. The average Bonchev–Trinajstić information content (AvgIpc) is 3.48. The number of rotatable bonds is 2. The van der Waals surface area contributed by atoms with Gasteiger partial charge in [0.05, 0.1) is 9.81 Å². The van der Waals surface area contributed by atoms with E-state index in [1.165, 1.54) is 35.7 Å². The number of aliphatic hydroxyl groups is 2. The van der Waals surface area contributed by atoms with Gasteiger partial charge in [0.25, 0.3) is 34.1 Å². The molecule has 36 heavy (non-hydrogen) atoms. The zero-order valence-corrected chi connectivity index (χ0v) is 20.9. The predicted molar refractivity (Wildman–Crippen MR) is 135 cm³/mol. The maximum absolute atomic E-state index is 13.1. The molecule has 0 bridgehead atoms. The summed E-state index contributed by atoms with van der Waals surface area (Å²) in [6.07, 6.45) is 11.2. The maximum atomic E-state index is 13.1. The van der Waals surface area contributed by atoms with E-state index in [1.54, 1.807) is 0 Å². The highest BCUT2D eigenvalue weighted by atomic mass is 32.2. The lowest BCUT2D eigenvalue weighted by Crippen LogP contribution is -2.42. The van der Waals surface area contributed by atoms with Gasteiger partial charge in [-0.25, -0.2) is 0 Å². The van der Waals surface area contributed by atoms with E-state index in [2.05, 4.69) is 0 Å². The van der Waals surface area contributed by atoms with Gasteiger partial charge in [-0.1, -0.05) is 36.4 Å². The second-order valence-corrected chi connectivity index (χ2v) is 12.4. The van der Waals surface area contributed by atoms with Crippen LogP contribution in [0.3, 0.4) is 0 Å². The molecule has 2 aliphatic carbocycles. The molecule has 4 heterocycles. The van der Waals surface area contributed by atoms with Crippen molar-refractivity contribution in [1.29, 1.82) is 0 Å². The van der Waals surface area contributed by atoms with Gasteiger partial charge in [-0.15, -0.1) is 0 Å². The Morgan fingerprint density at radius 1 is 0.611 bits per heavy atom. The van der Waals surface area contributed by atoms with E-state index in [9.17, 15) is 29.4 Å². The molecule has 0 unspecified atom stereocenters. The standard InChI is InChI=1S/C24H24N2O8S2/c27-17-13(11-15-21(31)33-23(35-15)7-3-1-4-8-23)18(28)26-20(30)14(19(29)25(17)26)12-16-22(32)34-24(36-16)9-5-2-6-10-24/h11-12,31-32H,1-10H2. The lowest BCUT2D eigenvalue weighted by Gasteiger charge is -2.31. The van der Waals surface area contributed by atoms with Gasteiger partial charge >= 0.3 is 0 Å². The number of hydrogen-bond donors (Lipinski definition) is 2. The van der Waals surface area contributed by atoms with Gasteiger partial charge in [-0.05, 0) is 63.5 Å². The van der Waals surface area contributed by atoms with Crippen molar-refractivity contribution in [2.24, 2.45) is 0 Å². The Kier molecular flexibility index (Phi) is 5.45. The van der Waals surface area contributed by atoms with Crippen LogP contribution in [-0.2, 0) is 9.47 Å². The number of thioether (sulfide) groups is 2. The zero-order valence-electron chi connectivity index (χ0n) is 19.3. The SMILES string of the molecule is O=c1c(=CC2=C(O)OC3(CCCCC3)S2)c(=O)n2c(=O)c(=CC3=C(O)OC4(CCCCC4)S3)c(=O)n1-2. The Hall–Kier alpha value is -2.86. The predicted octanol–water partition coefficient (Wildman–Crippen LogP) is 1.22. The minimum absolute atomic E-state index is 0.221. The molecule has 2 saturated carbocycles. The number of aliphatic hydroxyl groups excluding tert-OH is 2. The lowest BCUT2D eigenvalue weighted by atomic mass is 9.97. The van der Waals surface area contributed by atoms with Crippen molar-refractivity contribution < 1.29 is 19.7 Å². The number of nitrogens with zero attached hydrogens (tertiary/aromatic N) is 2. The fourth-order valence-corrected chi connectivity index (χ4v) is 8.09. The summed E-state index contributed by atoms with van der Waals surface area (Å²) < 4.78 is 12.4. The lowest BCUT2D eigenvalue weighted by molar-refractivity contribution is -0.00360. The van der Waals surface area contributed by atoms with Crippen LogP contribution in [0.15, 0.2) is 40.9 Å². The quantitative estimate of drug-likeness (QED) is 0.581. The fraction of sp³-hybridized carbons (Fsp3) is 0.500. The van der Waals surface area contributed by atoms with Crippen LogP contribution in [0.4, 0.5) is 0 Å². The molecule has 0 radical (unpaired) electrons. The molecule has 0 amide bonds. The van der Waals surface area contributed by atoms with Crippen molar-refractivity contribution in [3.63, 3.8) is 0 Å². The monoisotopic (exact) mass is 532 g/mol. The molecule has 6 rings (SSSR count). The highest BCUT2D eigenvalue weighted by Gasteiger charge is 2.44. The van der Waals surface area contributed by atoms with Crippen LogP contribution >= 0.6 is 23.5 Å². The van der Waals surface area contributed by atoms with Crippen molar-refractivity contribution in [3.05, 3.63) is 73.6 Å². The topological polar surface area (TPSA) is 137 Å². The van der Waals surface area contributed by atoms with Gasteiger partial charge in [-0.2, -0.15) is 9.35 Å². The second-order valence-electron chi connectivity index (χ2n) is 9.65. The minimum atomic E-state index is -0.954. The summed E-state index contributed by atoms with van der Waals surface area (Å²) >= 11 is 2.51. The molecule has 0 aromatic heterocycles. The summed E-state index contributed by atoms with van der Waals surface area (Å²) in [4.78, 5) is 51.4. The van der Waals surface area contributed by atoms with E-state index in [-0.39, 0.29) is 21.7 Å². The van der Waals surface area contributed by atoms with Crippen LogP contribution in [0, 0.1) is 0 Å². The molecule has 12 heteroatoms. The highest BCUT2D eigenvalue weighted by molar-refractivity contribution is 8.05. The molecule has 190 valence electrons. The minimum Gasteiger partial charge on any atom is -0.480 e. The van der Waals surface area contributed by atoms with Gasteiger partial charge < -0.3 is 19.7 Å². The second kappa shape index (κ2) is 8.34. The van der Waals surface area contributed by atoms with Crippen molar-refractivity contribution in [2.75, 3.05) is 0 Å². The van der Waals surface area contributed by atoms with E-state index in [0.29, 0.717) is 9.35 Å². The number of fused-ring (bicyclic) bond motifs is 1. The summed E-state index contributed by atoms with van der Waals surface area (Å²) in [5.74, 6) is -0.736. The first-order valence-electron chi connectivity index (χ1n) is 12.1. The van der Waals surface area contributed by atoms with Gasteiger partial charge in [-0.3, -0.25) is 19.2 Å². The molecular weight excluding hydrogens is 508 g/mol. The molecule has 6 aliphatic rings. The van der Waals surface area contributed by atoms with E-state index in [1.807, 2.05) is 0 Å². The molecule has 0 aromatic carbocycles. The first kappa shape index (κ1) is 23.5. The van der Waals surface area contributed by atoms with Crippen LogP contribution in [0.2, 0.25) is 0 Å². The Morgan fingerprint density at radius 3 is 1.28 bits per heavy atom. The molecule has 0 aromatic rings. The highest BCUT2D eigenvalue weighted by Crippen LogP contribution is 2.52. The normalized spacial score (nSPS) is 23.0. The fourth-order valence-electron chi connectivity index (χ4n) is 5.45. The Balaban J connectivity index is 1.41. The van der Waals surface area contributed by atoms with Gasteiger partial charge in [0.15, 0.2) is 9.87 Å². The van der Waals surface area contributed by atoms with Crippen LogP contribution in [0.5, 0.6) is 0 Å². The third kappa shape index (κ3) is 3.56. The van der Waals surface area contributed by atoms with Crippen molar-refractivity contribution in [1.82, 2.24) is 9.35 Å². The Morgan fingerprint density at radius 2 is 0.944 bits per heavy atom. The van der Waals surface area contributed by atoms with Crippen molar-refractivity contribution in [3.8, 4) is 0 Å². The summed E-state index contributed by atoms with van der Waals surface area (Å²) in [5, 5.41) is 19.9. The molecular formula is C24H24N2O8S2. The summed E-state index contributed by atoms with van der Waals surface area (Å²) in [6, 6.07) is 0. The van der Waals surface area contributed by atoms with Crippen LogP contribution in [0.25, 0.3) is 12.2 Å². The van der Waals surface area contributed by atoms with E-state index in [4.69, 9.17) is 9.47 Å². The van der Waals surface area contributed by atoms with Gasteiger partial charge in [0.2, 0.25) is 0 Å². The van der Waals surface area contributed by atoms with E-state index in [0.717, 1.165) is 64.2 Å². The third-order valence-corrected chi connectivity index (χ3v) is 10.0. The van der Waals surface area contributed by atoms with E-state index < -0.39 is 42.5 Å². The molecule has 0 atom stereocenters. The van der Waals surface area contributed by atoms with E-state index >= 15 is 0 Å². The molecule has 10 nitrogen and oxygen atoms in total. The number of hydrogen-bond acceptors (Lipinski definition) is 10. The average molecular weight is 533 g/mol. The largest absolute Gasteiger partial charge is 0.480 e. The van der Waals surface area contributed by atoms with Crippen molar-refractivity contribution >= 4 is 35.7 Å². The third-order valence-electron chi connectivity index (χ3n) is 7.25. The van der Waals surface area contributed by atoms with Crippen LogP contribution < -0.4 is 32.7 Å². The molecule has 0 saturated heterocycles. The summed E-state index contributed by atoms with van der Waals surface area (Å²) in [6.45, 7) is 0. The summed E-state index contributed by atoms with van der Waals surface area (Å²) in [5.41, 5.74) is -3.82. The smallest absolute Gasteiger partial charge is 0.292 e. The molecule has 2 N–H and O–H groups in total. The van der Waals surface area contributed by atoms with Crippen molar-refractivity contribution in [2.45, 2.75) is 74.1 Å². The van der Waals surface area contributed by atoms with Gasteiger partial charge in [0, 0.05) is 0 Å². The van der Waals surface area contributed by atoms with Crippen LogP contribution in [0.1, 0.15) is 64.2 Å². The first-order chi connectivity index (χ1) is 17.2. The number of allylic oxidation sites excluding steroid dienone is 2. The molecule has 2 spiro atoms. The van der Waals surface area contributed by atoms with Crippen LogP contribution in [-0.4, -0.2) is 29.4 Å². The number of aromatic nitrogens is 2. The number of ether oxygens (including phenoxy) is 2. The molecule has 4 aliphatic heterocycles. The van der Waals surface area contributed by atoms with Gasteiger partial charge in [0.1, 0.15) is 10.4 Å².